The van der Waals surface area contributed by atoms with Crippen LogP contribution in [0.15, 0.2) is 0 Å². The van der Waals surface area contributed by atoms with E-state index in [-0.39, 0.29) is 18.9 Å². The molecule has 0 fully saturated rings. The topological polar surface area (TPSA) is 173 Å². The van der Waals surface area contributed by atoms with Crippen molar-refractivity contribution in [3.8, 4) is 0 Å². The molecule has 16 heavy (non-hydrogen) atoms. The van der Waals surface area contributed by atoms with Gasteiger partial charge in [0, 0.05) is 0 Å². The van der Waals surface area contributed by atoms with Gasteiger partial charge in [-0.15, -0.1) is 0 Å². The van der Waals surface area contributed by atoms with Crippen LogP contribution in [0.4, 0.5) is 0 Å². The minimum atomic E-state index is -5.16. The van der Waals surface area contributed by atoms with Gasteiger partial charge < -0.3 is 19.7 Å². The molecule has 0 aromatic carbocycles. The zero-order valence-corrected chi connectivity index (χ0v) is 8.32. The molecule has 0 aromatic rings. The van der Waals surface area contributed by atoms with Crippen molar-refractivity contribution in [3.63, 3.8) is 0 Å². The minimum absolute atomic E-state index is 0. The van der Waals surface area contributed by atoms with E-state index in [9.17, 15) is 22.6 Å². The van der Waals surface area contributed by atoms with Gasteiger partial charge in [-0.1, -0.05) is 0 Å². The van der Waals surface area contributed by atoms with Crippen molar-refractivity contribution in [2.75, 3.05) is 0 Å². The molecule has 0 saturated heterocycles. The van der Waals surface area contributed by atoms with Crippen molar-refractivity contribution in [3.05, 3.63) is 0 Å². The van der Waals surface area contributed by atoms with Gasteiger partial charge in [-0.05, 0) is 4.89 Å². The molecule has 0 heterocycles. The third-order valence-electron chi connectivity index (χ3n) is 0.823. The summed E-state index contributed by atoms with van der Waals surface area (Å²) < 4.78 is 35.7. The van der Waals surface area contributed by atoms with Gasteiger partial charge in [0.1, 0.15) is 0 Å². The van der Waals surface area contributed by atoms with Gasteiger partial charge in [-0.25, -0.2) is 4.79 Å². The van der Waals surface area contributed by atoms with Crippen molar-refractivity contribution in [2.45, 2.75) is 0 Å². The molecule has 0 aliphatic heterocycles. The summed E-state index contributed by atoms with van der Waals surface area (Å²) in [6.45, 7) is 0. The molecule has 1 unspecified atom stereocenters. The number of carboxylic acid groups (broad SMARTS) is 1. The summed E-state index contributed by atoms with van der Waals surface area (Å²) in [5.74, 6) is -2.32. The fourth-order valence-corrected chi connectivity index (χ4v) is 1.92. The zero-order chi connectivity index (χ0) is 12.2. The van der Waals surface area contributed by atoms with Gasteiger partial charge in [-0.3, -0.25) is 9.55 Å². The van der Waals surface area contributed by atoms with Crippen LogP contribution in [0, 0.1) is 0 Å². The zero-order valence-electron chi connectivity index (χ0n) is 6.68. The quantitative estimate of drug-likeness (QED) is 0.128. The Morgan fingerprint density at radius 2 is 1.81 bits per heavy atom. The molecule has 88 valence electrons. The number of carbonyl (C=O) groups excluding carboxylic acids is 1. The SMILES string of the molecule is O=C(O)C(=O)S(=O)(=O)[S+]([O-])NOB(O)O.[LiH]. The summed E-state index contributed by atoms with van der Waals surface area (Å²) >= 11 is 0. The Balaban J connectivity index is 0. The Labute approximate surface area is 104 Å². The van der Waals surface area contributed by atoms with Crippen LogP contribution in [0.2, 0.25) is 0 Å². The number of carbonyl (C=O) groups is 2. The molecule has 0 spiro atoms. The molecule has 0 bridgehead atoms. The predicted molar refractivity (Wildman–Crippen MR) is 51.3 cm³/mol. The van der Waals surface area contributed by atoms with Crippen molar-refractivity contribution in [1.29, 1.82) is 0 Å². The molecule has 0 aliphatic carbocycles. The molecule has 0 rings (SSSR count). The molecule has 0 saturated carbocycles. The molecule has 0 aromatic heterocycles. The fourth-order valence-electron chi connectivity index (χ4n) is 0.303. The molecule has 14 heteroatoms. The monoisotopic (exact) mass is 269 g/mol. The third kappa shape index (κ3) is 5.30. The number of aliphatic carboxylic acids is 1. The van der Waals surface area contributed by atoms with E-state index >= 15 is 0 Å². The molecule has 0 aliphatic rings. The summed E-state index contributed by atoms with van der Waals surface area (Å²) in [6.07, 6.45) is 0. The van der Waals surface area contributed by atoms with Gasteiger partial charge in [0.2, 0.25) is 10.4 Å². The first-order chi connectivity index (χ1) is 6.69. The number of rotatable bonds is 4. The molecule has 0 radical (unpaired) electrons. The average molecular weight is 269 g/mol. The van der Waals surface area contributed by atoms with Crippen molar-refractivity contribution < 1.29 is 42.5 Å². The van der Waals surface area contributed by atoms with Crippen LogP contribution >= 0.6 is 0 Å². The first-order valence-electron chi connectivity index (χ1n) is 2.91. The van der Waals surface area contributed by atoms with Crippen LogP contribution in [0.5, 0.6) is 0 Å². The van der Waals surface area contributed by atoms with E-state index in [0.29, 0.717) is 0 Å². The summed E-state index contributed by atoms with van der Waals surface area (Å²) in [6, 6.07) is 0. The van der Waals surface area contributed by atoms with Gasteiger partial charge in [0.05, 0.1) is 0 Å². The number of hydrogen-bond donors (Lipinski definition) is 4. The van der Waals surface area contributed by atoms with Crippen LogP contribution in [0.25, 0.3) is 0 Å². The van der Waals surface area contributed by atoms with Gasteiger partial charge in [0.15, 0.2) is 0 Å². The molecule has 10 nitrogen and oxygen atoms in total. The molecule has 1 atom stereocenters. The molecule has 4 N–H and O–H groups in total. The van der Waals surface area contributed by atoms with Crippen molar-refractivity contribution >= 4 is 56.5 Å². The summed E-state index contributed by atoms with van der Waals surface area (Å²) in [5, 5.41) is 21.8. The fraction of sp³-hybridized carbons (Fsp3) is 0. The summed E-state index contributed by atoms with van der Waals surface area (Å²) in [5.41, 5.74) is 0. The Bertz CT molecular complexity index is 355. The maximum absolute atomic E-state index is 10.7. The van der Waals surface area contributed by atoms with E-state index in [1.807, 2.05) is 0 Å². The second-order valence-corrected chi connectivity index (χ2v) is 5.95. The first kappa shape index (κ1) is 18.3. The van der Waals surface area contributed by atoms with Gasteiger partial charge in [0.25, 0.3) is 0 Å². The van der Waals surface area contributed by atoms with E-state index in [0.717, 1.165) is 4.89 Å². The average Bonchev–Trinajstić information content (AvgIpc) is 2.12. The predicted octanol–water partition coefficient (Wildman–Crippen LogP) is -4.57. The second-order valence-electron chi connectivity index (χ2n) is 1.81. The Morgan fingerprint density at radius 1 is 1.38 bits per heavy atom. The third-order valence-corrected chi connectivity index (χ3v) is 3.94. The first-order valence-corrected chi connectivity index (χ1v) is 6.06. The number of nitrogens with one attached hydrogen (secondary N) is 1. The van der Waals surface area contributed by atoms with Crippen LogP contribution < -0.4 is 4.89 Å². The van der Waals surface area contributed by atoms with Crippen LogP contribution in [-0.4, -0.2) is 65.4 Å². The van der Waals surface area contributed by atoms with E-state index < -0.39 is 37.7 Å². The van der Waals surface area contributed by atoms with Crippen molar-refractivity contribution in [1.82, 2.24) is 4.89 Å². The Kier molecular flexibility index (Phi) is 8.30. The molecular weight excluding hydrogens is 264 g/mol. The Morgan fingerprint density at radius 3 is 2.12 bits per heavy atom. The number of hydrogen-bond acceptors (Lipinski definition) is 9. The number of carboxylic acids is 1. The summed E-state index contributed by atoms with van der Waals surface area (Å²) in [4.78, 5) is 21.5. The van der Waals surface area contributed by atoms with E-state index in [1.54, 1.807) is 0 Å². The van der Waals surface area contributed by atoms with Gasteiger partial charge in [-0.2, -0.15) is 8.42 Å². The van der Waals surface area contributed by atoms with Crippen LogP contribution in [0.1, 0.15) is 0 Å². The second kappa shape index (κ2) is 7.27. The maximum atomic E-state index is 10.7. The van der Waals surface area contributed by atoms with Crippen molar-refractivity contribution in [2.24, 2.45) is 0 Å². The van der Waals surface area contributed by atoms with Crippen LogP contribution in [0.3, 0.4) is 0 Å². The van der Waals surface area contributed by atoms with E-state index in [2.05, 4.69) is 4.76 Å². The van der Waals surface area contributed by atoms with Crippen LogP contribution in [-0.2, 0) is 33.6 Å². The normalized spacial score (nSPS) is 12.4. The van der Waals surface area contributed by atoms with Gasteiger partial charge >= 0.3 is 46.1 Å². The van der Waals surface area contributed by atoms with E-state index in [4.69, 9.17) is 15.2 Å². The van der Waals surface area contributed by atoms with E-state index in [1.165, 1.54) is 0 Å². The molecule has 0 amide bonds. The standard InChI is InChI=1S/C2H4BNO9S2.Li.H/c5-1(6)2(7)15(11,12)14(10)4-13-3(8)9;;/h4,8-9H,(H,5,6);;. The Hall–Kier alpha value is -0.0977. The summed E-state index contributed by atoms with van der Waals surface area (Å²) in [7, 11) is -10.9. The molecular formula is C2H5BLiNO9S2.